The average molecular weight is 362 g/mol. The quantitative estimate of drug-likeness (QED) is 0.737. The van der Waals surface area contributed by atoms with Crippen molar-refractivity contribution in [3.8, 4) is 17.2 Å². The maximum atomic E-state index is 12.6. The number of nitrogens with zero attached hydrogens (tertiary/aromatic N) is 1. The summed E-state index contributed by atoms with van der Waals surface area (Å²) in [6.45, 7) is 1.79. The van der Waals surface area contributed by atoms with Crippen LogP contribution in [0.15, 0.2) is 83.8 Å². The smallest absolute Gasteiger partial charge is 0.207 e. The van der Waals surface area contributed by atoms with Gasteiger partial charge < -0.3 is 0 Å². The molecule has 4 nitrogen and oxygen atoms in total. The topological polar surface area (TPSA) is 70.0 Å². The van der Waals surface area contributed by atoms with Gasteiger partial charge in [0.15, 0.2) is 0 Å². The van der Waals surface area contributed by atoms with E-state index in [1.54, 1.807) is 19.1 Å². The van der Waals surface area contributed by atoms with Crippen LogP contribution in [0, 0.1) is 11.3 Å². The third-order valence-corrected chi connectivity index (χ3v) is 5.66. The van der Waals surface area contributed by atoms with Crippen molar-refractivity contribution in [1.29, 1.82) is 5.26 Å². The largest absolute Gasteiger partial charge is 0.241 e. The molecule has 0 aliphatic rings. The molecule has 3 aromatic carbocycles. The summed E-state index contributed by atoms with van der Waals surface area (Å²) in [5.41, 5.74) is 3.36. The molecule has 130 valence electrons. The van der Waals surface area contributed by atoms with Crippen LogP contribution in [0.2, 0.25) is 0 Å². The highest BCUT2D eigenvalue weighted by Crippen LogP contribution is 2.23. The lowest BCUT2D eigenvalue weighted by atomic mass is 10.0. The van der Waals surface area contributed by atoms with Crippen molar-refractivity contribution in [3.63, 3.8) is 0 Å². The zero-order valence-corrected chi connectivity index (χ0v) is 15.1. The number of rotatable bonds is 5. The molecule has 1 atom stereocenters. The first-order valence-electron chi connectivity index (χ1n) is 8.17. The highest BCUT2D eigenvalue weighted by Gasteiger charge is 2.18. The number of nitrogens with one attached hydrogen (secondary N) is 1. The van der Waals surface area contributed by atoms with Gasteiger partial charge in [0, 0.05) is 6.04 Å². The van der Waals surface area contributed by atoms with E-state index >= 15 is 0 Å². The molecule has 0 spiro atoms. The molecule has 0 unspecified atom stereocenters. The molecule has 0 heterocycles. The SMILES string of the molecule is C[C@@H](NS(=O)(=O)c1cccc(C#N)c1)c1ccc(-c2ccccc2)cc1. The fourth-order valence-electron chi connectivity index (χ4n) is 2.70. The van der Waals surface area contributed by atoms with E-state index in [4.69, 9.17) is 5.26 Å². The summed E-state index contributed by atoms with van der Waals surface area (Å²) in [4.78, 5) is 0.0873. The Morgan fingerprint density at radius 1 is 0.885 bits per heavy atom. The van der Waals surface area contributed by atoms with E-state index in [1.165, 1.54) is 12.1 Å². The minimum atomic E-state index is -3.70. The molecular weight excluding hydrogens is 344 g/mol. The van der Waals surface area contributed by atoms with E-state index in [0.717, 1.165) is 16.7 Å². The lowest BCUT2D eigenvalue weighted by molar-refractivity contribution is 0.567. The van der Waals surface area contributed by atoms with Crippen molar-refractivity contribution in [1.82, 2.24) is 4.72 Å². The van der Waals surface area contributed by atoms with Gasteiger partial charge in [0.25, 0.3) is 0 Å². The second-order valence-electron chi connectivity index (χ2n) is 5.97. The summed E-state index contributed by atoms with van der Waals surface area (Å²) >= 11 is 0. The number of nitriles is 1. The van der Waals surface area contributed by atoms with Crippen molar-refractivity contribution in [2.24, 2.45) is 0 Å². The molecule has 0 aliphatic heterocycles. The molecule has 0 fully saturated rings. The van der Waals surface area contributed by atoms with Gasteiger partial charge in [0.05, 0.1) is 16.5 Å². The number of hydrogen-bond acceptors (Lipinski definition) is 3. The second kappa shape index (κ2) is 7.52. The van der Waals surface area contributed by atoms with Gasteiger partial charge in [-0.2, -0.15) is 5.26 Å². The van der Waals surface area contributed by atoms with Crippen molar-refractivity contribution in [2.45, 2.75) is 17.9 Å². The average Bonchev–Trinajstić information content (AvgIpc) is 2.68. The van der Waals surface area contributed by atoms with Crippen molar-refractivity contribution < 1.29 is 8.42 Å². The molecule has 0 saturated carbocycles. The Labute approximate surface area is 153 Å². The standard InChI is InChI=1S/C21H18N2O2S/c1-16(23-26(24,25)21-9-5-6-17(14-21)15-22)18-10-12-20(13-11-18)19-7-3-2-4-8-19/h2-14,16,23H,1H3/t16-/m1/s1. The second-order valence-corrected chi connectivity index (χ2v) is 7.68. The number of benzene rings is 3. The molecule has 5 heteroatoms. The molecule has 0 radical (unpaired) electrons. The summed E-state index contributed by atoms with van der Waals surface area (Å²) in [5.74, 6) is 0. The van der Waals surface area contributed by atoms with E-state index < -0.39 is 16.1 Å². The fourth-order valence-corrected chi connectivity index (χ4v) is 3.97. The molecule has 26 heavy (non-hydrogen) atoms. The highest BCUT2D eigenvalue weighted by atomic mass is 32.2. The maximum Gasteiger partial charge on any atom is 0.241 e. The van der Waals surface area contributed by atoms with Gasteiger partial charge in [0.1, 0.15) is 0 Å². The summed E-state index contributed by atoms with van der Waals surface area (Å²) in [6, 6.07) is 25.3. The van der Waals surface area contributed by atoms with Gasteiger partial charge in [-0.05, 0) is 41.8 Å². The Morgan fingerprint density at radius 2 is 1.54 bits per heavy atom. The fraction of sp³-hybridized carbons (Fsp3) is 0.0952. The van der Waals surface area contributed by atoms with Gasteiger partial charge in [-0.25, -0.2) is 13.1 Å². The van der Waals surface area contributed by atoms with E-state index in [0.29, 0.717) is 5.56 Å². The molecule has 0 amide bonds. The maximum absolute atomic E-state index is 12.6. The van der Waals surface area contributed by atoms with Gasteiger partial charge in [-0.3, -0.25) is 0 Å². The summed E-state index contributed by atoms with van der Waals surface area (Å²) in [5, 5.41) is 8.94. The van der Waals surface area contributed by atoms with Crippen LogP contribution >= 0.6 is 0 Å². The van der Waals surface area contributed by atoms with Crippen molar-refractivity contribution >= 4 is 10.0 Å². The molecule has 1 N–H and O–H groups in total. The first-order valence-corrected chi connectivity index (χ1v) is 9.66. The van der Waals surface area contributed by atoms with Crippen LogP contribution in [0.5, 0.6) is 0 Å². The Morgan fingerprint density at radius 3 is 2.19 bits per heavy atom. The molecule has 3 rings (SSSR count). The predicted octanol–water partition coefficient (Wildman–Crippen LogP) is 4.26. The zero-order valence-electron chi connectivity index (χ0n) is 14.3. The van der Waals surface area contributed by atoms with Crippen LogP contribution in [0.1, 0.15) is 24.1 Å². The van der Waals surface area contributed by atoms with Crippen LogP contribution in [0.4, 0.5) is 0 Å². The highest BCUT2D eigenvalue weighted by molar-refractivity contribution is 7.89. The van der Waals surface area contributed by atoms with Crippen LogP contribution in [0.25, 0.3) is 11.1 Å². The van der Waals surface area contributed by atoms with Crippen molar-refractivity contribution in [3.05, 3.63) is 90.0 Å². The minimum absolute atomic E-state index is 0.0873. The lowest BCUT2D eigenvalue weighted by Crippen LogP contribution is -2.26. The molecule has 0 saturated heterocycles. The summed E-state index contributed by atoms with van der Waals surface area (Å²) in [6.07, 6.45) is 0. The van der Waals surface area contributed by atoms with E-state index in [1.807, 2.05) is 60.7 Å². The zero-order chi connectivity index (χ0) is 18.6. The normalized spacial score (nSPS) is 12.3. The lowest BCUT2D eigenvalue weighted by Gasteiger charge is -2.15. The molecular formula is C21H18N2O2S. The van der Waals surface area contributed by atoms with Crippen LogP contribution < -0.4 is 4.72 Å². The van der Waals surface area contributed by atoms with E-state index in [9.17, 15) is 8.42 Å². The monoisotopic (exact) mass is 362 g/mol. The summed E-state index contributed by atoms with van der Waals surface area (Å²) < 4.78 is 27.8. The van der Waals surface area contributed by atoms with Crippen LogP contribution in [0.3, 0.4) is 0 Å². The third kappa shape index (κ3) is 3.99. The predicted molar refractivity (Wildman–Crippen MR) is 102 cm³/mol. The number of sulfonamides is 1. The minimum Gasteiger partial charge on any atom is -0.207 e. The van der Waals surface area contributed by atoms with Gasteiger partial charge in [-0.15, -0.1) is 0 Å². The molecule has 0 aliphatic carbocycles. The van der Waals surface area contributed by atoms with Gasteiger partial charge in [-0.1, -0.05) is 60.7 Å². The Bertz CT molecular complexity index is 1040. The Kier molecular flexibility index (Phi) is 5.17. The molecule has 0 aromatic heterocycles. The Hall–Kier alpha value is -2.94. The number of hydrogen-bond donors (Lipinski definition) is 1. The first-order chi connectivity index (χ1) is 12.5. The Balaban J connectivity index is 1.79. The van der Waals surface area contributed by atoms with E-state index in [2.05, 4.69) is 4.72 Å². The van der Waals surface area contributed by atoms with Crippen LogP contribution in [-0.4, -0.2) is 8.42 Å². The third-order valence-electron chi connectivity index (χ3n) is 4.12. The van der Waals surface area contributed by atoms with E-state index in [-0.39, 0.29) is 4.90 Å². The van der Waals surface area contributed by atoms with Crippen molar-refractivity contribution in [2.75, 3.05) is 0 Å². The first kappa shape index (κ1) is 17.9. The molecule has 0 bridgehead atoms. The molecule has 3 aromatic rings. The van der Waals surface area contributed by atoms with Gasteiger partial charge >= 0.3 is 0 Å². The van der Waals surface area contributed by atoms with Gasteiger partial charge in [0.2, 0.25) is 10.0 Å². The van der Waals surface area contributed by atoms with Crippen LogP contribution in [-0.2, 0) is 10.0 Å². The summed E-state index contributed by atoms with van der Waals surface area (Å²) in [7, 11) is -3.70.